The molecule has 186 valence electrons. The van der Waals surface area contributed by atoms with Gasteiger partial charge in [0.05, 0.1) is 25.2 Å². The summed E-state index contributed by atoms with van der Waals surface area (Å²) in [7, 11) is 1.44. The summed E-state index contributed by atoms with van der Waals surface area (Å²) in [4.78, 5) is 37.0. The van der Waals surface area contributed by atoms with Crippen LogP contribution in [0.25, 0.3) is 0 Å². The molecule has 0 unspecified atom stereocenters. The molecular formula is C27H20ClN3O6. The van der Waals surface area contributed by atoms with Crippen LogP contribution in [0.1, 0.15) is 36.8 Å². The highest BCUT2D eigenvalue weighted by atomic mass is 35.5. The molecule has 2 amide bonds. The largest absolute Gasteiger partial charge is 0.493 e. The molecule has 1 aromatic heterocycles. The van der Waals surface area contributed by atoms with Crippen molar-refractivity contribution in [3.63, 3.8) is 0 Å². The standard InChI is InChI=1S/C27H20ClN3O6/c1-35-24-14-17(7-12-22(24)37-27(34)18-8-10-20(28)11-9-18)16-29-31-25(32)19-4-2-5-21(15-19)30-26(33)23-6-3-13-36-23/h2-16H,1H3,(H,30,33)(H,31,32). The van der Waals surface area contributed by atoms with Gasteiger partial charge >= 0.3 is 5.97 Å². The number of nitrogens with one attached hydrogen (secondary N) is 2. The third-order valence-corrected chi connectivity index (χ3v) is 5.23. The van der Waals surface area contributed by atoms with Gasteiger partial charge in [0.2, 0.25) is 0 Å². The average Bonchev–Trinajstić information content (AvgIpc) is 3.45. The van der Waals surface area contributed by atoms with Crippen molar-refractivity contribution in [2.75, 3.05) is 12.4 Å². The number of hydrogen-bond donors (Lipinski definition) is 2. The van der Waals surface area contributed by atoms with Crippen LogP contribution >= 0.6 is 11.6 Å². The number of ether oxygens (including phenoxy) is 2. The number of anilines is 1. The van der Waals surface area contributed by atoms with E-state index in [4.69, 9.17) is 25.5 Å². The van der Waals surface area contributed by atoms with Gasteiger partial charge in [0.15, 0.2) is 17.3 Å². The van der Waals surface area contributed by atoms with Crippen LogP contribution < -0.4 is 20.2 Å². The van der Waals surface area contributed by atoms with Crippen LogP contribution in [0.3, 0.4) is 0 Å². The van der Waals surface area contributed by atoms with Gasteiger partial charge in [-0.1, -0.05) is 17.7 Å². The molecule has 0 atom stereocenters. The lowest BCUT2D eigenvalue weighted by Crippen LogP contribution is -2.18. The van der Waals surface area contributed by atoms with Crippen LogP contribution in [0.15, 0.2) is 94.6 Å². The fourth-order valence-electron chi connectivity index (χ4n) is 3.16. The van der Waals surface area contributed by atoms with Gasteiger partial charge in [-0.25, -0.2) is 10.2 Å². The van der Waals surface area contributed by atoms with Crippen LogP contribution in [0, 0.1) is 0 Å². The highest BCUT2D eigenvalue weighted by Gasteiger charge is 2.13. The first kappa shape index (κ1) is 25.2. The Morgan fingerprint density at radius 2 is 1.70 bits per heavy atom. The highest BCUT2D eigenvalue weighted by molar-refractivity contribution is 6.30. The molecule has 0 saturated heterocycles. The highest BCUT2D eigenvalue weighted by Crippen LogP contribution is 2.28. The second kappa shape index (κ2) is 11.7. The average molecular weight is 518 g/mol. The minimum Gasteiger partial charge on any atom is -0.493 e. The summed E-state index contributed by atoms with van der Waals surface area (Å²) in [5.74, 6) is -0.802. The number of furan rings is 1. The van der Waals surface area contributed by atoms with Gasteiger partial charge < -0.3 is 19.2 Å². The number of hydrazone groups is 1. The number of esters is 1. The zero-order chi connectivity index (χ0) is 26.2. The lowest BCUT2D eigenvalue weighted by atomic mass is 10.2. The van der Waals surface area contributed by atoms with E-state index in [2.05, 4.69) is 15.8 Å². The van der Waals surface area contributed by atoms with Crippen LogP contribution in [0.4, 0.5) is 5.69 Å². The quantitative estimate of drug-likeness (QED) is 0.144. The molecular weight excluding hydrogens is 498 g/mol. The molecule has 3 aromatic carbocycles. The van der Waals surface area contributed by atoms with Gasteiger partial charge in [-0.05, 0) is 78.4 Å². The summed E-state index contributed by atoms with van der Waals surface area (Å²) in [6.45, 7) is 0. The van der Waals surface area contributed by atoms with Gasteiger partial charge in [-0.3, -0.25) is 9.59 Å². The molecule has 0 bridgehead atoms. The third-order valence-electron chi connectivity index (χ3n) is 4.98. The summed E-state index contributed by atoms with van der Waals surface area (Å²) in [6, 6.07) is 20.6. The van der Waals surface area contributed by atoms with Crippen molar-refractivity contribution in [1.82, 2.24) is 5.43 Å². The Labute approximate surface area is 216 Å². The number of hydrogen-bond acceptors (Lipinski definition) is 7. The Morgan fingerprint density at radius 3 is 2.43 bits per heavy atom. The van der Waals surface area contributed by atoms with E-state index in [1.54, 1.807) is 66.7 Å². The zero-order valence-electron chi connectivity index (χ0n) is 19.4. The van der Waals surface area contributed by atoms with Gasteiger partial charge in [-0.15, -0.1) is 0 Å². The Bertz CT molecular complexity index is 1450. The van der Waals surface area contributed by atoms with Crippen LogP contribution in [0.5, 0.6) is 11.5 Å². The van der Waals surface area contributed by atoms with Crippen molar-refractivity contribution in [3.05, 3.63) is 113 Å². The summed E-state index contributed by atoms with van der Waals surface area (Å²) in [5.41, 5.74) is 4.06. The van der Waals surface area contributed by atoms with E-state index < -0.39 is 17.8 Å². The molecule has 4 rings (SSSR count). The Morgan fingerprint density at radius 1 is 0.892 bits per heavy atom. The molecule has 37 heavy (non-hydrogen) atoms. The van der Waals surface area contributed by atoms with E-state index >= 15 is 0 Å². The molecule has 1 heterocycles. The molecule has 0 aliphatic heterocycles. The number of nitrogens with zero attached hydrogens (tertiary/aromatic N) is 1. The summed E-state index contributed by atoms with van der Waals surface area (Å²) in [5, 5.41) is 7.14. The second-order valence-corrected chi connectivity index (χ2v) is 7.95. The normalized spacial score (nSPS) is 10.6. The van der Waals surface area contributed by atoms with E-state index in [1.807, 2.05) is 0 Å². The molecule has 0 fully saturated rings. The van der Waals surface area contributed by atoms with E-state index in [0.29, 0.717) is 27.6 Å². The number of benzene rings is 3. The summed E-state index contributed by atoms with van der Waals surface area (Å²) >= 11 is 5.85. The molecule has 4 aromatic rings. The van der Waals surface area contributed by atoms with E-state index in [0.717, 1.165) is 0 Å². The number of halogens is 1. The minimum absolute atomic E-state index is 0.153. The predicted octanol–water partition coefficient (Wildman–Crippen LogP) is 5.18. The monoisotopic (exact) mass is 517 g/mol. The molecule has 0 aliphatic rings. The van der Waals surface area contributed by atoms with Crippen LogP contribution in [-0.2, 0) is 0 Å². The van der Waals surface area contributed by atoms with E-state index in [-0.39, 0.29) is 17.1 Å². The lowest BCUT2D eigenvalue weighted by molar-refractivity contribution is 0.0729. The maximum absolute atomic E-state index is 12.5. The van der Waals surface area contributed by atoms with E-state index in [9.17, 15) is 14.4 Å². The molecule has 0 radical (unpaired) electrons. The van der Waals surface area contributed by atoms with Gasteiger partial charge in [0.1, 0.15) is 0 Å². The Hall–Kier alpha value is -4.89. The third kappa shape index (κ3) is 6.62. The van der Waals surface area contributed by atoms with Gasteiger partial charge in [0.25, 0.3) is 11.8 Å². The number of methoxy groups -OCH3 is 1. The molecule has 0 spiro atoms. The first-order chi connectivity index (χ1) is 17.9. The fraction of sp³-hybridized carbons (Fsp3) is 0.0370. The number of rotatable bonds is 8. The molecule has 10 heteroatoms. The van der Waals surface area contributed by atoms with Crippen LogP contribution in [-0.4, -0.2) is 31.1 Å². The molecule has 9 nitrogen and oxygen atoms in total. The minimum atomic E-state index is -0.564. The number of carbonyl (C=O) groups excluding carboxylic acids is 3. The van der Waals surface area contributed by atoms with Crippen molar-refractivity contribution < 1.29 is 28.3 Å². The first-order valence-electron chi connectivity index (χ1n) is 10.9. The lowest BCUT2D eigenvalue weighted by Gasteiger charge is -2.10. The van der Waals surface area contributed by atoms with Crippen molar-refractivity contribution in [2.24, 2.45) is 5.10 Å². The van der Waals surface area contributed by atoms with Crippen molar-refractivity contribution >= 4 is 41.3 Å². The number of carbonyl (C=O) groups is 3. The molecule has 2 N–H and O–H groups in total. The smallest absolute Gasteiger partial charge is 0.343 e. The second-order valence-electron chi connectivity index (χ2n) is 7.52. The first-order valence-corrected chi connectivity index (χ1v) is 11.2. The Kier molecular flexibility index (Phi) is 7.97. The molecule has 0 aliphatic carbocycles. The predicted molar refractivity (Wildman–Crippen MR) is 138 cm³/mol. The van der Waals surface area contributed by atoms with Gasteiger partial charge in [-0.2, -0.15) is 5.10 Å². The SMILES string of the molecule is COc1cc(C=NNC(=O)c2cccc(NC(=O)c3ccco3)c2)ccc1OC(=O)c1ccc(Cl)cc1. The van der Waals surface area contributed by atoms with E-state index in [1.165, 1.54) is 31.7 Å². The Balaban J connectivity index is 1.37. The summed E-state index contributed by atoms with van der Waals surface area (Å²) in [6.07, 6.45) is 2.81. The summed E-state index contributed by atoms with van der Waals surface area (Å²) < 4.78 is 15.8. The number of amides is 2. The van der Waals surface area contributed by atoms with Crippen LogP contribution in [0.2, 0.25) is 5.02 Å². The molecule has 0 saturated carbocycles. The zero-order valence-corrected chi connectivity index (χ0v) is 20.2. The van der Waals surface area contributed by atoms with Crippen molar-refractivity contribution in [3.8, 4) is 11.5 Å². The topological polar surface area (TPSA) is 119 Å². The maximum atomic E-state index is 12.5. The fourth-order valence-corrected chi connectivity index (χ4v) is 3.29. The maximum Gasteiger partial charge on any atom is 0.343 e. The van der Waals surface area contributed by atoms with Gasteiger partial charge in [0, 0.05) is 16.3 Å². The van der Waals surface area contributed by atoms with Crippen molar-refractivity contribution in [1.29, 1.82) is 0 Å². The van der Waals surface area contributed by atoms with Crippen molar-refractivity contribution in [2.45, 2.75) is 0 Å².